The lowest BCUT2D eigenvalue weighted by atomic mass is 9.98. The third-order valence-electron chi connectivity index (χ3n) is 6.34. The minimum Gasteiger partial charge on any atom is -0.458 e. The van der Waals surface area contributed by atoms with E-state index in [1.165, 1.54) is 19.2 Å². The number of methoxy groups -OCH3 is 1. The number of ether oxygens (including phenoxy) is 5. The Bertz CT molecular complexity index is 944. The first-order chi connectivity index (χ1) is 17.2. The van der Waals surface area contributed by atoms with Gasteiger partial charge in [0, 0.05) is 0 Å². The summed E-state index contributed by atoms with van der Waals surface area (Å²) in [7, 11) is 1.17. The normalized spacial score (nSPS) is 15.2. The highest BCUT2D eigenvalue weighted by Crippen LogP contribution is 2.31. The predicted molar refractivity (Wildman–Crippen MR) is 136 cm³/mol. The third kappa shape index (κ3) is 10.0. The van der Waals surface area contributed by atoms with Crippen LogP contribution in [-0.2, 0) is 35.0 Å². The standard InChI is InChI=1S/C27H41NO9/c1-14(2)16(5)24(29)36-22-11-10-20(13-23(22)37-25(30)17(6)15(3)4)12-21(28)26(31)34-18(7)19(8)35-27(32)33-9/h10-11,13-19,21H,12,28H2,1-9H3/t16?,17?,18-,19?,21-/m0/s1. The number of nitrogens with two attached hydrogens (primary N) is 1. The highest BCUT2D eigenvalue weighted by atomic mass is 16.7. The number of hydrogen-bond donors (Lipinski definition) is 1. The van der Waals surface area contributed by atoms with Crippen LogP contribution in [0.15, 0.2) is 18.2 Å². The molecule has 0 fully saturated rings. The summed E-state index contributed by atoms with van der Waals surface area (Å²) in [6, 6.07) is 3.61. The molecule has 0 saturated heterocycles. The van der Waals surface area contributed by atoms with Gasteiger partial charge in [0.1, 0.15) is 18.2 Å². The molecule has 0 aliphatic carbocycles. The molecular weight excluding hydrogens is 482 g/mol. The number of benzene rings is 1. The fourth-order valence-electron chi connectivity index (χ4n) is 2.79. The van der Waals surface area contributed by atoms with Gasteiger partial charge in [-0.1, -0.05) is 47.6 Å². The molecular formula is C27H41NO9. The molecule has 208 valence electrons. The summed E-state index contributed by atoms with van der Waals surface area (Å²) >= 11 is 0. The molecule has 0 heterocycles. The van der Waals surface area contributed by atoms with Gasteiger partial charge in [-0.25, -0.2) is 4.79 Å². The Morgan fingerprint density at radius 1 is 0.730 bits per heavy atom. The molecule has 0 saturated carbocycles. The van der Waals surface area contributed by atoms with Crippen LogP contribution >= 0.6 is 0 Å². The van der Waals surface area contributed by atoms with Crippen molar-refractivity contribution in [3.8, 4) is 11.5 Å². The van der Waals surface area contributed by atoms with Gasteiger partial charge in [0.2, 0.25) is 0 Å². The number of esters is 3. The second-order valence-electron chi connectivity index (χ2n) is 9.92. The largest absolute Gasteiger partial charge is 0.508 e. The molecule has 0 aliphatic rings. The number of hydrogen-bond acceptors (Lipinski definition) is 10. The summed E-state index contributed by atoms with van der Waals surface area (Å²) in [5.41, 5.74) is 6.62. The van der Waals surface area contributed by atoms with Crippen LogP contribution in [0.1, 0.15) is 61.0 Å². The summed E-state index contributed by atoms with van der Waals surface area (Å²) < 4.78 is 25.9. The van der Waals surface area contributed by atoms with Gasteiger partial charge in [-0.2, -0.15) is 0 Å². The first kappa shape index (κ1) is 31.9. The lowest BCUT2D eigenvalue weighted by Gasteiger charge is -2.22. The first-order valence-electron chi connectivity index (χ1n) is 12.4. The highest BCUT2D eigenvalue weighted by molar-refractivity contribution is 5.79. The maximum Gasteiger partial charge on any atom is 0.508 e. The molecule has 0 aromatic heterocycles. The van der Waals surface area contributed by atoms with Crippen LogP contribution in [0.3, 0.4) is 0 Å². The fraction of sp³-hybridized carbons (Fsp3) is 0.630. The maximum absolute atomic E-state index is 12.7. The molecule has 1 aromatic carbocycles. The van der Waals surface area contributed by atoms with Crippen molar-refractivity contribution in [2.24, 2.45) is 29.4 Å². The minimum atomic E-state index is -1.06. The zero-order chi connectivity index (χ0) is 28.4. The molecule has 2 N–H and O–H groups in total. The van der Waals surface area contributed by atoms with Crippen LogP contribution in [0.2, 0.25) is 0 Å². The number of carbonyl (C=O) groups excluding carboxylic acids is 4. The lowest BCUT2D eigenvalue weighted by molar-refractivity contribution is -0.155. The van der Waals surface area contributed by atoms with Crippen LogP contribution in [-0.4, -0.2) is 49.4 Å². The average Bonchev–Trinajstić information content (AvgIpc) is 2.83. The number of rotatable bonds is 12. The molecule has 0 radical (unpaired) electrons. The van der Waals surface area contributed by atoms with Crippen LogP contribution in [0.4, 0.5) is 4.79 Å². The van der Waals surface area contributed by atoms with E-state index in [2.05, 4.69) is 4.74 Å². The predicted octanol–water partition coefficient (Wildman–Crippen LogP) is 4.05. The molecule has 1 rings (SSSR count). The Balaban J connectivity index is 3.06. The average molecular weight is 524 g/mol. The van der Waals surface area contributed by atoms with Crippen molar-refractivity contribution in [1.82, 2.24) is 0 Å². The molecule has 0 bridgehead atoms. The molecule has 0 spiro atoms. The molecule has 1 aromatic rings. The van der Waals surface area contributed by atoms with Gasteiger partial charge in [0.05, 0.1) is 18.9 Å². The Morgan fingerprint density at radius 2 is 1.22 bits per heavy atom. The summed E-state index contributed by atoms with van der Waals surface area (Å²) in [5.74, 6) is -2.13. The second kappa shape index (κ2) is 14.6. The van der Waals surface area contributed by atoms with Crippen LogP contribution in [0, 0.1) is 23.7 Å². The zero-order valence-corrected chi connectivity index (χ0v) is 23.2. The Morgan fingerprint density at radius 3 is 1.70 bits per heavy atom. The molecule has 3 unspecified atom stereocenters. The van der Waals surface area contributed by atoms with Crippen molar-refractivity contribution in [3.63, 3.8) is 0 Å². The van der Waals surface area contributed by atoms with Gasteiger partial charge < -0.3 is 29.4 Å². The Kier molecular flexibility index (Phi) is 12.6. The topological polar surface area (TPSA) is 140 Å². The van der Waals surface area contributed by atoms with Crippen LogP contribution < -0.4 is 15.2 Å². The quantitative estimate of drug-likeness (QED) is 0.315. The van der Waals surface area contributed by atoms with Crippen LogP contribution in [0.25, 0.3) is 0 Å². The maximum atomic E-state index is 12.7. The van der Waals surface area contributed by atoms with E-state index in [1.807, 2.05) is 27.7 Å². The van der Waals surface area contributed by atoms with Crippen molar-refractivity contribution < 1.29 is 42.9 Å². The molecule has 10 heteroatoms. The van der Waals surface area contributed by atoms with E-state index in [-0.39, 0.29) is 35.7 Å². The number of carbonyl (C=O) groups is 4. The molecule has 0 amide bonds. The Labute approximate surface area is 219 Å². The summed E-state index contributed by atoms with van der Waals surface area (Å²) in [6.07, 6.45) is -2.35. The smallest absolute Gasteiger partial charge is 0.458 e. The van der Waals surface area contributed by atoms with Crippen molar-refractivity contribution in [2.45, 2.75) is 80.1 Å². The van der Waals surface area contributed by atoms with E-state index in [9.17, 15) is 19.2 Å². The molecule has 0 aliphatic heterocycles. The first-order valence-corrected chi connectivity index (χ1v) is 12.4. The minimum absolute atomic E-state index is 0.0402. The van der Waals surface area contributed by atoms with Crippen molar-refractivity contribution in [3.05, 3.63) is 23.8 Å². The fourth-order valence-corrected chi connectivity index (χ4v) is 2.79. The van der Waals surface area contributed by atoms with Crippen LogP contribution in [0.5, 0.6) is 11.5 Å². The third-order valence-corrected chi connectivity index (χ3v) is 6.34. The zero-order valence-electron chi connectivity index (χ0n) is 23.2. The Hall–Kier alpha value is -3.14. The van der Waals surface area contributed by atoms with E-state index in [0.717, 1.165) is 0 Å². The van der Waals surface area contributed by atoms with Gasteiger partial charge in [-0.3, -0.25) is 14.4 Å². The molecule has 37 heavy (non-hydrogen) atoms. The summed E-state index contributed by atoms with van der Waals surface area (Å²) in [5, 5.41) is 0. The van der Waals surface area contributed by atoms with E-state index in [1.54, 1.807) is 33.8 Å². The SMILES string of the molecule is COC(=O)OC(C)[C@H](C)OC(=O)[C@@H](N)Cc1ccc(OC(=O)C(C)C(C)C)c(OC(=O)C(C)C(C)C)c1. The van der Waals surface area contributed by atoms with Crippen molar-refractivity contribution in [2.75, 3.05) is 7.11 Å². The molecule has 5 atom stereocenters. The van der Waals surface area contributed by atoms with E-state index < -0.39 is 48.2 Å². The van der Waals surface area contributed by atoms with Crippen molar-refractivity contribution in [1.29, 1.82) is 0 Å². The van der Waals surface area contributed by atoms with E-state index >= 15 is 0 Å². The van der Waals surface area contributed by atoms with Gasteiger partial charge >= 0.3 is 24.1 Å². The van der Waals surface area contributed by atoms with Crippen molar-refractivity contribution >= 4 is 24.1 Å². The van der Waals surface area contributed by atoms with Gasteiger partial charge in [-0.05, 0) is 49.8 Å². The summed E-state index contributed by atoms with van der Waals surface area (Å²) in [6.45, 7) is 14.2. The highest BCUT2D eigenvalue weighted by Gasteiger charge is 2.27. The van der Waals surface area contributed by atoms with E-state index in [0.29, 0.717) is 5.56 Å². The second-order valence-corrected chi connectivity index (χ2v) is 9.92. The molecule has 10 nitrogen and oxygen atoms in total. The van der Waals surface area contributed by atoms with Gasteiger partial charge in [-0.15, -0.1) is 0 Å². The van der Waals surface area contributed by atoms with E-state index in [4.69, 9.17) is 24.7 Å². The summed E-state index contributed by atoms with van der Waals surface area (Å²) in [4.78, 5) is 49.0. The van der Waals surface area contributed by atoms with Gasteiger partial charge in [0.15, 0.2) is 11.5 Å². The lowest BCUT2D eigenvalue weighted by Crippen LogP contribution is -2.39. The van der Waals surface area contributed by atoms with Gasteiger partial charge in [0.25, 0.3) is 0 Å². The monoisotopic (exact) mass is 523 g/mol.